The summed E-state index contributed by atoms with van der Waals surface area (Å²) in [7, 11) is 1.63. The highest BCUT2D eigenvalue weighted by molar-refractivity contribution is 5.97. The first-order chi connectivity index (χ1) is 10.6. The third kappa shape index (κ3) is 2.61. The van der Waals surface area contributed by atoms with Crippen molar-refractivity contribution in [1.29, 1.82) is 0 Å². The van der Waals surface area contributed by atoms with Crippen molar-refractivity contribution >= 4 is 22.4 Å². The zero-order valence-corrected chi connectivity index (χ0v) is 13.3. The van der Waals surface area contributed by atoms with Gasteiger partial charge >= 0.3 is 0 Å². The molecule has 1 aromatic heterocycles. The maximum Gasteiger partial charge on any atom is 0.246 e. The molecule has 1 aliphatic heterocycles. The number of amides is 1. The number of benzene rings is 1. The van der Waals surface area contributed by atoms with Crippen LogP contribution in [0.2, 0.25) is 0 Å². The number of carbonyl (C=O) groups excluding carboxylic acids is 1. The lowest BCUT2D eigenvalue weighted by atomic mass is 10.0. The fourth-order valence-corrected chi connectivity index (χ4v) is 2.95. The van der Waals surface area contributed by atoms with Gasteiger partial charge in [-0.2, -0.15) is 0 Å². The molecule has 4 nitrogen and oxygen atoms in total. The molecule has 1 amide bonds. The molecule has 0 unspecified atom stereocenters. The van der Waals surface area contributed by atoms with Crippen LogP contribution in [0.15, 0.2) is 28.9 Å². The molecule has 116 valence electrons. The molecule has 1 aromatic carbocycles. The molecule has 0 radical (unpaired) electrons. The number of likely N-dealkylation sites (tertiary alicyclic amines) is 1. The largest absolute Gasteiger partial charge is 0.496 e. The molecule has 0 aliphatic carbocycles. The normalized spacial score (nSPS) is 15.6. The number of aryl methyl sites for hydroxylation is 1. The van der Waals surface area contributed by atoms with Crippen molar-refractivity contribution in [2.24, 2.45) is 0 Å². The van der Waals surface area contributed by atoms with Crippen molar-refractivity contribution in [3.63, 3.8) is 0 Å². The summed E-state index contributed by atoms with van der Waals surface area (Å²) in [5.74, 6) is 0.811. The molecule has 0 bridgehead atoms. The first-order valence-corrected chi connectivity index (χ1v) is 7.63. The van der Waals surface area contributed by atoms with Gasteiger partial charge in [-0.25, -0.2) is 0 Å². The summed E-state index contributed by atoms with van der Waals surface area (Å²) < 4.78 is 11.0. The van der Waals surface area contributed by atoms with Gasteiger partial charge in [0, 0.05) is 36.2 Å². The van der Waals surface area contributed by atoms with Crippen LogP contribution in [-0.4, -0.2) is 31.0 Å². The van der Waals surface area contributed by atoms with Crippen molar-refractivity contribution in [1.82, 2.24) is 4.90 Å². The minimum Gasteiger partial charge on any atom is -0.496 e. The number of hydrogen-bond acceptors (Lipinski definition) is 3. The highest BCUT2D eigenvalue weighted by atomic mass is 16.5. The zero-order valence-electron chi connectivity index (χ0n) is 13.3. The SMILES string of the molecule is COc1cc2occ(C)c2cc1/C(C)=C/C(=O)N1CCCC1. The van der Waals surface area contributed by atoms with Gasteiger partial charge in [-0.05, 0) is 43.9 Å². The van der Waals surface area contributed by atoms with Gasteiger partial charge < -0.3 is 14.1 Å². The lowest BCUT2D eigenvalue weighted by Gasteiger charge is -2.14. The van der Waals surface area contributed by atoms with Gasteiger partial charge in [0.05, 0.1) is 13.4 Å². The van der Waals surface area contributed by atoms with Crippen LogP contribution in [0.3, 0.4) is 0 Å². The van der Waals surface area contributed by atoms with Crippen molar-refractivity contribution in [2.45, 2.75) is 26.7 Å². The van der Waals surface area contributed by atoms with Gasteiger partial charge in [0.15, 0.2) is 0 Å². The summed E-state index contributed by atoms with van der Waals surface area (Å²) >= 11 is 0. The van der Waals surface area contributed by atoms with Crippen molar-refractivity contribution in [3.8, 4) is 5.75 Å². The number of carbonyl (C=O) groups is 1. The Balaban J connectivity index is 1.99. The fraction of sp³-hybridized carbons (Fsp3) is 0.389. The molecule has 22 heavy (non-hydrogen) atoms. The average Bonchev–Trinajstić information content (AvgIpc) is 3.16. The Hall–Kier alpha value is -2.23. The number of allylic oxidation sites excluding steroid dienone is 1. The van der Waals surface area contributed by atoms with Gasteiger partial charge in [0.2, 0.25) is 5.91 Å². The van der Waals surface area contributed by atoms with Gasteiger partial charge in [-0.15, -0.1) is 0 Å². The van der Waals surface area contributed by atoms with Crippen LogP contribution < -0.4 is 4.74 Å². The van der Waals surface area contributed by atoms with Crippen LogP contribution in [0.25, 0.3) is 16.5 Å². The van der Waals surface area contributed by atoms with Gasteiger partial charge in [0.1, 0.15) is 11.3 Å². The molecule has 1 saturated heterocycles. The predicted octanol–water partition coefficient (Wildman–Crippen LogP) is 3.78. The number of methoxy groups -OCH3 is 1. The number of furan rings is 1. The number of ether oxygens (including phenoxy) is 1. The Morgan fingerprint density at radius 2 is 2.05 bits per heavy atom. The lowest BCUT2D eigenvalue weighted by molar-refractivity contribution is -0.124. The second-order valence-corrected chi connectivity index (χ2v) is 5.83. The minimum absolute atomic E-state index is 0.0843. The molecule has 2 aromatic rings. The number of nitrogens with zero attached hydrogens (tertiary/aromatic N) is 1. The Morgan fingerprint density at radius 3 is 2.73 bits per heavy atom. The highest BCUT2D eigenvalue weighted by Gasteiger charge is 2.17. The van der Waals surface area contributed by atoms with E-state index in [0.717, 1.165) is 59.3 Å². The third-order valence-corrected chi connectivity index (χ3v) is 4.27. The minimum atomic E-state index is 0.0843. The van der Waals surface area contributed by atoms with Crippen molar-refractivity contribution in [2.75, 3.05) is 20.2 Å². The number of fused-ring (bicyclic) bond motifs is 1. The van der Waals surface area contributed by atoms with Gasteiger partial charge in [-0.3, -0.25) is 4.79 Å². The van der Waals surface area contributed by atoms with Crippen LogP contribution in [-0.2, 0) is 4.79 Å². The summed E-state index contributed by atoms with van der Waals surface area (Å²) in [6.07, 6.45) is 5.65. The van der Waals surface area contributed by atoms with E-state index in [1.165, 1.54) is 0 Å². The van der Waals surface area contributed by atoms with Crippen LogP contribution in [0.5, 0.6) is 5.75 Å². The van der Waals surface area contributed by atoms with Crippen LogP contribution in [0.1, 0.15) is 30.9 Å². The van der Waals surface area contributed by atoms with E-state index in [1.54, 1.807) is 19.4 Å². The van der Waals surface area contributed by atoms with Crippen molar-refractivity contribution in [3.05, 3.63) is 35.6 Å². The van der Waals surface area contributed by atoms with E-state index in [4.69, 9.17) is 9.15 Å². The van der Waals surface area contributed by atoms with E-state index in [0.29, 0.717) is 0 Å². The second kappa shape index (κ2) is 5.87. The molecule has 0 atom stereocenters. The molecule has 1 aliphatic rings. The smallest absolute Gasteiger partial charge is 0.246 e. The molecule has 0 N–H and O–H groups in total. The molecule has 0 saturated carbocycles. The van der Waals surface area contributed by atoms with E-state index in [-0.39, 0.29) is 5.91 Å². The van der Waals surface area contributed by atoms with E-state index in [9.17, 15) is 4.79 Å². The third-order valence-electron chi connectivity index (χ3n) is 4.27. The topological polar surface area (TPSA) is 42.7 Å². The highest BCUT2D eigenvalue weighted by Crippen LogP contribution is 2.33. The molecule has 2 heterocycles. The van der Waals surface area contributed by atoms with Gasteiger partial charge in [0.25, 0.3) is 0 Å². The first kappa shape index (κ1) is 14.7. The van der Waals surface area contributed by atoms with Crippen LogP contribution in [0, 0.1) is 6.92 Å². The number of hydrogen-bond donors (Lipinski definition) is 0. The molecule has 3 rings (SSSR count). The molecule has 1 fully saturated rings. The average molecular weight is 299 g/mol. The molecular weight excluding hydrogens is 278 g/mol. The molecular formula is C18H21NO3. The summed E-state index contributed by atoms with van der Waals surface area (Å²) in [5, 5.41) is 1.05. The van der Waals surface area contributed by atoms with E-state index in [1.807, 2.05) is 30.9 Å². The molecule has 4 heteroatoms. The van der Waals surface area contributed by atoms with E-state index in [2.05, 4.69) is 0 Å². The lowest BCUT2D eigenvalue weighted by Crippen LogP contribution is -2.25. The quantitative estimate of drug-likeness (QED) is 0.810. The maximum absolute atomic E-state index is 12.3. The predicted molar refractivity (Wildman–Crippen MR) is 87.0 cm³/mol. The van der Waals surface area contributed by atoms with Crippen molar-refractivity contribution < 1.29 is 13.9 Å². The Bertz CT molecular complexity index is 736. The van der Waals surface area contributed by atoms with E-state index >= 15 is 0 Å². The monoisotopic (exact) mass is 299 g/mol. The summed E-state index contributed by atoms with van der Waals surface area (Å²) in [6.45, 7) is 5.68. The first-order valence-electron chi connectivity index (χ1n) is 7.63. The molecule has 0 spiro atoms. The summed E-state index contributed by atoms with van der Waals surface area (Å²) in [6, 6.07) is 3.92. The fourth-order valence-electron chi connectivity index (χ4n) is 2.95. The Kier molecular flexibility index (Phi) is 3.92. The summed E-state index contributed by atoms with van der Waals surface area (Å²) in [5.41, 5.74) is 3.73. The summed E-state index contributed by atoms with van der Waals surface area (Å²) in [4.78, 5) is 14.2. The zero-order chi connectivity index (χ0) is 15.7. The van der Waals surface area contributed by atoms with E-state index < -0.39 is 0 Å². The number of rotatable bonds is 3. The maximum atomic E-state index is 12.3. The van der Waals surface area contributed by atoms with Gasteiger partial charge in [-0.1, -0.05) is 0 Å². The second-order valence-electron chi connectivity index (χ2n) is 5.83. The Labute approximate surface area is 130 Å². The van der Waals surface area contributed by atoms with Crippen LogP contribution >= 0.6 is 0 Å². The standard InChI is InChI=1S/C18H21NO3/c1-12(8-18(20)19-6-4-5-7-19)14-9-15-13(2)11-22-17(15)10-16(14)21-3/h8-11H,4-7H2,1-3H3/b12-8+. The van der Waals surface area contributed by atoms with Crippen LogP contribution in [0.4, 0.5) is 0 Å². The Morgan fingerprint density at radius 1 is 1.32 bits per heavy atom.